The summed E-state index contributed by atoms with van der Waals surface area (Å²) in [5.74, 6) is -0.420. The zero-order chi connectivity index (χ0) is 12.3. The van der Waals surface area contributed by atoms with Gasteiger partial charge in [-0.15, -0.1) is 12.4 Å². The summed E-state index contributed by atoms with van der Waals surface area (Å²) in [6, 6.07) is -0.979. The van der Waals surface area contributed by atoms with Crippen molar-refractivity contribution in [2.75, 3.05) is 13.7 Å². The summed E-state index contributed by atoms with van der Waals surface area (Å²) in [4.78, 5) is 25.0. The molecule has 1 saturated heterocycles. The molecular weight excluding hydrogens is 244 g/mol. The second-order valence-corrected chi connectivity index (χ2v) is 4.48. The number of nitrogens with two attached hydrogens (primary N) is 1. The molecule has 1 aliphatic heterocycles. The molecule has 0 aromatic carbocycles. The normalized spacial score (nSPS) is 21.0. The Kier molecular flexibility index (Phi) is 6.49. The highest BCUT2D eigenvalue weighted by atomic mass is 35.5. The molecule has 17 heavy (non-hydrogen) atoms. The lowest BCUT2D eigenvalue weighted by atomic mass is 10.0. The number of hydrogen-bond acceptors (Lipinski definition) is 4. The van der Waals surface area contributed by atoms with Gasteiger partial charge in [0, 0.05) is 6.54 Å². The molecule has 1 amide bonds. The third-order valence-electron chi connectivity index (χ3n) is 3.01. The molecule has 2 N–H and O–H groups in total. The molecule has 1 heterocycles. The zero-order valence-electron chi connectivity index (χ0n) is 10.5. The average Bonchev–Trinajstić information content (AvgIpc) is 2.74. The molecule has 0 radical (unpaired) electrons. The van der Waals surface area contributed by atoms with E-state index in [-0.39, 0.29) is 30.2 Å². The van der Waals surface area contributed by atoms with Crippen molar-refractivity contribution in [1.82, 2.24) is 4.90 Å². The number of likely N-dealkylation sites (tertiary alicyclic amines) is 1. The van der Waals surface area contributed by atoms with Crippen molar-refractivity contribution in [3.63, 3.8) is 0 Å². The van der Waals surface area contributed by atoms with Crippen LogP contribution in [0.3, 0.4) is 0 Å². The molecule has 0 spiro atoms. The summed E-state index contributed by atoms with van der Waals surface area (Å²) in [7, 11) is 1.34. The number of carbonyl (C=O) groups is 2. The molecule has 6 heteroatoms. The molecule has 0 aromatic heterocycles. The van der Waals surface area contributed by atoms with Crippen molar-refractivity contribution in [3.8, 4) is 0 Å². The highest BCUT2D eigenvalue weighted by Gasteiger charge is 2.37. The second-order valence-electron chi connectivity index (χ2n) is 4.48. The number of methoxy groups -OCH3 is 1. The minimum absolute atomic E-state index is 0. The largest absolute Gasteiger partial charge is 0.467 e. The summed E-state index contributed by atoms with van der Waals surface area (Å²) in [6.07, 6.45) is 1.50. The number of ether oxygens (including phenoxy) is 1. The van der Waals surface area contributed by atoms with Gasteiger partial charge in [0.2, 0.25) is 5.91 Å². The zero-order valence-corrected chi connectivity index (χ0v) is 11.3. The van der Waals surface area contributed by atoms with Crippen LogP contribution in [0.4, 0.5) is 0 Å². The van der Waals surface area contributed by atoms with Crippen molar-refractivity contribution < 1.29 is 14.3 Å². The SMILES string of the molecule is COC(=O)[C@@H]1CCCN1C(=O)C(N)C(C)C.Cl. The van der Waals surface area contributed by atoms with Gasteiger partial charge in [0.15, 0.2) is 0 Å². The summed E-state index contributed by atoms with van der Waals surface area (Å²) in [5, 5.41) is 0. The van der Waals surface area contributed by atoms with Crippen LogP contribution in [0, 0.1) is 5.92 Å². The van der Waals surface area contributed by atoms with Gasteiger partial charge in [-0.2, -0.15) is 0 Å². The average molecular weight is 265 g/mol. The van der Waals surface area contributed by atoms with Gasteiger partial charge in [0.1, 0.15) is 6.04 Å². The second kappa shape index (κ2) is 6.81. The highest BCUT2D eigenvalue weighted by molar-refractivity contribution is 5.88. The molecular formula is C11H21ClN2O3. The predicted octanol–water partition coefficient (Wildman–Crippen LogP) is 0.555. The molecule has 0 aliphatic carbocycles. The van der Waals surface area contributed by atoms with Crippen LogP contribution in [0.25, 0.3) is 0 Å². The van der Waals surface area contributed by atoms with Gasteiger partial charge in [-0.05, 0) is 18.8 Å². The molecule has 1 unspecified atom stereocenters. The Morgan fingerprint density at radius 3 is 2.47 bits per heavy atom. The predicted molar refractivity (Wildman–Crippen MR) is 66.8 cm³/mol. The molecule has 2 atom stereocenters. The Hall–Kier alpha value is -0.810. The van der Waals surface area contributed by atoms with Gasteiger partial charge in [0.25, 0.3) is 0 Å². The number of halogens is 1. The molecule has 1 rings (SSSR count). The monoisotopic (exact) mass is 264 g/mol. The smallest absolute Gasteiger partial charge is 0.328 e. The van der Waals surface area contributed by atoms with Crippen LogP contribution in [0.1, 0.15) is 26.7 Å². The fourth-order valence-electron chi connectivity index (χ4n) is 1.89. The van der Waals surface area contributed by atoms with Crippen molar-refractivity contribution in [1.29, 1.82) is 0 Å². The molecule has 100 valence electrons. The van der Waals surface area contributed by atoms with Crippen molar-refractivity contribution in [2.24, 2.45) is 11.7 Å². The highest BCUT2D eigenvalue weighted by Crippen LogP contribution is 2.20. The van der Waals surface area contributed by atoms with E-state index in [4.69, 9.17) is 5.73 Å². The Morgan fingerprint density at radius 2 is 2.00 bits per heavy atom. The van der Waals surface area contributed by atoms with Crippen LogP contribution in [0.15, 0.2) is 0 Å². The van der Waals surface area contributed by atoms with Crippen molar-refractivity contribution in [2.45, 2.75) is 38.8 Å². The van der Waals surface area contributed by atoms with Gasteiger partial charge >= 0.3 is 5.97 Å². The van der Waals surface area contributed by atoms with Gasteiger partial charge in [-0.1, -0.05) is 13.8 Å². The number of nitrogens with zero attached hydrogens (tertiary/aromatic N) is 1. The van der Waals surface area contributed by atoms with Crippen LogP contribution >= 0.6 is 12.4 Å². The molecule has 0 saturated carbocycles. The minimum Gasteiger partial charge on any atom is -0.467 e. The Morgan fingerprint density at radius 1 is 1.41 bits per heavy atom. The maximum atomic E-state index is 12.0. The molecule has 1 aliphatic rings. The number of amides is 1. The van der Waals surface area contributed by atoms with E-state index in [1.807, 2.05) is 13.8 Å². The van der Waals surface area contributed by atoms with Crippen molar-refractivity contribution >= 4 is 24.3 Å². The van der Waals surface area contributed by atoms with Crippen LogP contribution in [-0.4, -0.2) is 42.5 Å². The first-order chi connectivity index (χ1) is 7.49. The lowest BCUT2D eigenvalue weighted by Crippen LogP contribution is -2.50. The third kappa shape index (κ3) is 3.57. The maximum Gasteiger partial charge on any atom is 0.328 e. The van der Waals surface area contributed by atoms with Gasteiger partial charge in [-0.25, -0.2) is 4.79 Å². The first-order valence-corrected chi connectivity index (χ1v) is 5.63. The third-order valence-corrected chi connectivity index (χ3v) is 3.01. The van der Waals surface area contributed by atoms with E-state index in [2.05, 4.69) is 4.74 Å². The van der Waals surface area contributed by atoms with Gasteiger partial charge in [-0.3, -0.25) is 4.79 Å². The summed E-state index contributed by atoms with van der Waals surface area (Å²) >= 11 is 0. The van der Waals surface area contributed by atoms with Crippen LogP contribution in [0.5, 0.6) is 0 Å². The fourth-order valence-corrected chi connectivity index (χ4v) is 1.89. The number of esters is 1. The lowest BCUT2D eigenvalue weighted by Gasteiger charge is -2.27. The summed E-state index contributed by atoms with van der Waals surface area (Å²) in [6.45, 7) is 4.39. The van der Waals surface area contributed by atoms with E-state index in [0.717, 1.165) is 6.42 Å². The minimum atomic E-state index is -0.537. The van der Waals surface area contributed by atoms with Gasteiger partial charge in [0.05, 0.1) is 13.2 Å². The van der Waals surface area contributed by atoms with Crippen LogP contribution < -0.4 is 5.73 Å². The maximum absolute atomic E-state index is 12.0. The van der Waals surface area contributed by atoms with E-state index in [9.17, 15) is 9.59 Å². The summed E-state index contributed by atoms with van der Waals surface area (Å²) in [5.41, 5.74) is 5.80. The first-order valence-electron chi connectivity index (χ1n) is 5.63. The van der Waals surface area contributed by atoms with E-state index in [1.165, 1.54) is 7.11 Å². The topological polar surface area (TPSA) is 72.6 Å². The summed E-state index contributed by atoms with van der Waals surface area (Å²) < 4.78 is 4.68. The molecule has 1 fully saturated rings. The first kappa shape index (κ1) is 16.2. The van der Waals surface area contributed by atoms with E-state index in [1.54, 1.807) is 4.90 Å². The van der Waals surface area contributed by atoms with Crippen LogP contribution in [-0.2, 0) is 14.3 Å². The van der Waals surface area contributed by atoms with Crippen LogP contribution in [0.2, 0.25) is 0 Å². The standard InChI is InChI=1S/C11H20N2O3.ClH/c1-7(2)9(12)10(14)13-6-4-5-8(13)11(15)16-3;/h7-9H,4-6,12H2,1-3H3;1H/t8-,9?;/m0./s1. The Balaban J connectivity index is 0.00000256. The number of hydrogen-bond donors (Lipinski definition) is 1. The molecule has 0 bridgehead atoms. The number of carbonyl (C=O) groups excluding carboxylic acids is 2. The Bertz CT molecular complexity index is 284. The quantitative estimate of drug-likeness (QED) is 0.756. The van der Waals surface area contributed by atoms with E-state index in [0.29, 0.717) is 13.0 Å². The fraction of sp³-hybridized carbons (Fsp3) is 0.818. The molecule has 5 nitrogen and oxygen atoms in total. The number of rotatable bonds is 3. The van der Waals surface area contributed by atoms with E-state index >= 15 is 0 Å². The van der Waals surface area contributed by atoms with E-state index < -0.39 is 12.1 Å². The lowest BCUT2D eigenvalue weighted by molar-refractivity contribution is -0.151. The molecule has 0 aromatic rings. The Labute approximate surface area is 108 Å². The van der Waals surface area contributed by atoms with Crippen molar-refractivity contribution in [3.05, 3.63) is 0 Å². The van der Waals surface area contributed by atoms with Gasteiger partial charge < -0.3 is 15.4 Å².